The maximum Gasteiger partial charge on any atom is 0.0719 e. The predicted molar refractivity (Wildman–Crippen MR) is 57.1 cm³/mol. The summed E-state index contributed by atoms with van der Waals surface area (Å²) in [4.78, 5) is 0. The Morgan fingerprint density at radius 2 is 2.14 bits per heavy atom. The van der Waals surface area contributed by atoms with Crippen molar-refractivity contribution in [3.05, 3.63) is 0 Å². The molecule has 0 aromatic rings. The lowest BCUT2D eigenvalue weighted by Gasteiger charge is -2.46. The molecule has 3 fully saturated rings. The number of rotatable bonds is 2. The van der Waals surface area contributed by atoms with Crippen LogP contribution in [-0.4, -0.2) is 11.7 Å². The first-order valence-electron chi connectivity index (χ1n) is 6.37. The van der Waals surface area contributed by atoms with E-state index in [1.54, 1.807) is 0 Å². The lowest BCUT2D eigenvalue weighted by molar-refractivity contribution is -0.140. The summed E-state index contributed by atoms with van der Waals surface area (Å²) in [5.74, 6) is 3.00. The molecule has 0 aliphatic heterocycles. The zero-order valence-corrected chi connectivity index (χ0v) is 9.46. The zero-order chi connectivity index (χ0) is 9.76. The molecule has 2 bridgehead atoms. The van der Waals surface area contributed by atoms with Crippen molar-refractivity contribution in [3.63, 3.8) is 0 Å². The molecule has 0 radical (unpaired) electrons. The summed E-state index contributed by atoms with van der Waals surface area (Å²) in [5.41, 5.74) is 0.333. The minimum Gasteiger partial charge on any atom is -0.372 e. The minimum atomic E-state index is 0.333. The summed E-state index contributed by atoms with van der Waals surface area (Å²) in [6.45, 7) is 4.40. The van der Waals surface area contributed by atoms with E-state index in [0.29, 0.717) is 11.7 Å². The molecular weight excluding hydrogens is 172 g/mol. The summed E-state index contributed by atoms with van der Waals surface area (Å²) in [7, 11) is 0. The van der Waals surface area contributed by atoms with E-state index < -0.39 is 0 Å². The van der Waals surface area contributed by atoms with Crippen molar-refractivity contribution >= 4 is 0 Å². The monoisotopic (exact) mass is 194 g/mol. The number of ether oxygens (including phenoxy) is 1. The summed E-state index contributed by atoms with van der Waals surface area (Å²) in [5, 5.41) is 0. The molecule has 0 N–H and O–H groups in total. The van der Waals surface area contributed by atoms with Gasteiger partial charge in [-0.15, -0.1) is 0 Å². The van der Waals surface area contributed by atoms with E-state index in [4.69, 9.17) is 4.74 Å². The van der Waals surface area contributed by atoms with Crippen LogP contribution in [0.5, 0.6) is 0 Å². The van der Waals surface area contributed by atoms with E-state index in [9.17, 15) is 0 Å². The van der Waals surface area contributed by atoms with E-state index in [-0.39, 0.29) is 0 Å². The van der Waals surface area contributed by atoms with E-state index in [1.807, 2.05) is 0 Å². The van der Waals surface area contributed by atoms with Gasteiger partial charge < -0.3 is 4.74 Å². The third-order valence-corrected chi connectivity index (χ3v) is 4.55. The normalized spacial score (nSPS) is 50.4. The molecule has 0 aromatic carbocycles. The molecule has 3 aliphatic rings. The van der Waals surface area contributed by atoms with Gasteiger partial charge in [0.25, 0.3) is 0 Å². The van der Waals surface area contributed by atoms with Gasteiger partial charge in [-0.2, -0.15) is 0 Å². The smallest absolute Gasteiger partial charge is 0.0719 e. The Morgan fingerprint density at radius 1 is 1.29 bits per heavy atom. The van der Waals surface area contributed by atoms with Gasteiger partial charge in [0.15, 0.2) is 0 Å². The van der Waals surface area contributed by atoms with Gasteiger partial charge >= 0.3 is 0 Å². The average Bonchev–Trinajstić information content (AvgIpc) is 2.82. The van der Waals surface area contributed by atoms with E-state index >= 15 is 0 Å². The van der Waals surface area contributed by atoms with Crippen molar-refractivity contribution in [2.75, 3.05) is 0 Å². The van der Waals surface area contributed by atoms with Crippen molar-refractivity contribution in [1.29, 1.82) is 0 Å². The Balaban J connectivity index is 1.81. The molecular formula is C13H22O. The van der Waals surface area contributed by atoms with Crippen LogP contribution in [0.15, 0.2) is 0 Å². The van der Waals surface area contributed by atoms with Crippen LogP contribution in [0.1, 0.15) is 52.4 Å². The van der Waals surface area contributed by atoms with Crippen LogP contribution in [0.3, 0.4) is 0 Å². The largest absolute Gasteiger partial charge is 0.372 e. The van der Waals surface area contributed by atoms with Gasteiger partial charge in [-0.1, -0.05) is 12.8 Å². The number of hydrogen-bond donors (Lipinski definition) is 0. The molecule has 4 atom stereocenters. The molecule has 1 heteroatoms. The summed E-state index contributed by atoms with van der Waals surface area (Å²) >= 11 is 0. The molecule has 1 nitrogen and oxygen atoms in total. The highest BCUT2D eigenvalue weighted by Crippen LogP contribution is 2.62. The molecule has 0 amide bonds. The van der Waals surface area contributed by atoms with Crippen molar-refractivity contribution < 1.29 is 4.74 Å². The molecule has 0 heterocycles. The minimum absolute atomic E-state index is 0.333. The van der Waals surface area contributed by atoms with Crippen LogP contribution in [0.4, 0.5) is 0 Å². The van der Waals surface area contributed by atoms with Crippen LogP contribution in [0.25, 0.3) is 0 Å². The van der Waals surface area contributed by atoms with E-state index in [1.165, 1.54) is 38.5 Å². The third-order valence-electron chi connectivity index (χ3n) is 4.55. The molecule has 4 unspecified atom stereocenters. The Kier molecular flexibility index (Phi) is 1.96. The second-order valence-electron chi connectivity index (χ2n) is 6.03. The Labute approximate surface area is 87.2 Å². The molecule has 0 spiro atoms. The Morgan fingerprint density at radius 3 is 2.93 bits per heavy atom. The number of fused-ring (bicyclic) bond motifs is 4. The summed E-state index contributed by atoms with van der Waals surface area (Å²) < 4.78 is 6.30. The SMILES string of the molecule is CC(C)OC12CCCC(CC3CC31)C2. The lowest BCUT2D eigenvalue weighted by atomic mass is 9.69. The molecule has 14 heavy (non-hydrogen) atoms. The molecule has 3 aliphatic carbocycles. The van der Waals surface area contributed by atoms with Gasteiger partial charge in [-0.3, -0.25) is 0 Å². The first kappa shape index (κ1) is 9.21. The lowest BCUT2D eigenvalue weighted by Crippen LogP contribution is -2.45. The van der Waals surface area contributed by atoms with Crippen LogP contribution >= 0.6 is 0 Å². The molecule has 3 rings (SSSR count). The third kappa shape index (κ3) is 1.32. The van der Waals surface area contributed by atoms with Crippen molar-refractivity contribution in [2.45, 2.75) is 64.1 Å². The second-order valence-corrected chi connectivity index (χ2v) is 6.03. The van der Waals surface area contributed by atoms with Gasteiger partial charge in [0.2, 0.25) is 0 Å². The van der Waals surface area contributed by atoms with Gasteiger partial charge in [0.1, 0.15) is 0 Å². The highest BCUT2D eigenvalue weighted by Gasteiger charge is 2.59. The first-order chi connectivity index (χ1) is 6.70. The fraction of sp³-hybridized carbons (Fsp3) is 1.00. The van der Waals surface area contributed by atoms with Crippen LogP contribution in [-0.2, 0) is 4.74 Å². The van der Waals surface area contributed by atoms with Gasteiger partial charge in [0.05, 0.1) is 11.7 Å². The first-order valence-corrected chi connectivity index (χ1v) is 6.37. The second kappa shape index (κ2) is 2.98. The van der Waals surface area contributed by atoms with Crippen molar-refractivity contribution in [1.82, 2.24) is 0 Å². The van der Waals surface area contributed by atoms with E-state index in [2.05, 4.69) is 13.8 Å². The average molecular weight is 194 g/mol. The maximum absolute atomic E-state index is 6.30. The highest BCUT2D eigenvalue weighted by molar-refractivity contribution is 5.09. The van der Waals surface area contributed by atoms with Crippen molar-refractivity contribution in [2.24, 2.45) is 17.8 Å². The predicted octanol–water partition coefficient (Wildman–Crippen LogP) is 3.38. The molecule has 0 saturated heterocycles. The van der Waals surface area contributed by atoms with Crippen LogP contribution in [0, 0.1) is 17.8 Å². The molecule has 80 valence electrons. The Bertz CT molecular complexity index is 231. The zero-order valence-electron chi connectivity index (χ0n) is 9.46. The van der Waals surface area contributed by atoms with Crippen molar-refractivity contribution in [3.8, 4) is 0 Å². The molecule has 3 saturated carbocycles. The topological polar surface area (TPSA) is 9.23 Å². The summed E-state index contributed by atoms with van der Waals surface area (Å²) in [6, 6.07) is 0. The number of hydrogen-bond acceptors (Lipinski definition) is 1. The van der Waals surface area contributed by atoms with E-state index in [0.717, 1.165) is 17.8 Å². The quantitative estimate of drug-likeness (QED) is 0.655. The fourth-order valence-corrected chi connectivity index (χ4v) is 4.17. The fourth-order valence-electron chi connectivity index (χ4n) is 4.17. The van der Waals surface area contributed by atoms with Crippen LogP contribution in [0.2, 0.25) is 0 Å². The highest BCUT2D eigenvalue weighted by atomic mass is 16.5. The standard InChI is InChI=1S/C13H22O/c1-9(2)14-13-5-3-4-10(8-13)6-11-7-12(11)13/h9-12H,3-8H2,1-2H3. The maximum atomic E-state index is 6.30. The van der Waals surface area contributed by atoms with Gasteiger partial charge in [-0.25, -0.2) is 0 Å². The van der Waals surface area contributed by atoms with Gasteiger partial charge in [0, 0.05) is 0 Å². The Hall–Kier alpha value is -0.0400. The summed E-state index contributed by atoms with van der Waals surface area (Å²) in [6.07, 6.45) is 9.05. The van der Waals surface area contributed by atoms with Gasteiger partial charge in [-0.05, 0) is 57.3 Å². The van der Waals surface area contributed by atoms with Crippen LogP contribution < -0.4 is 0 Å². The molecule has 0 aromatic heterocycles.